The molecule has 0 bridgehead atoms. The van der Waals surface area contributed by atoms with Crippen LogP contribution in [0.25, 0.3) is 0 Å². The zero-order chi connectivity index (χ0) is 12.2. The second kappa shape index (κ2) is 5.25. The van der Waals surface area contributed by atoms with Gasteiger partial charge in [-0.2, -0.15) is 4.37 Å². The average Bonchev–Trinajstić information content (AvgIpc) is 2.63. The Morgan fingerprint density at radius 1 is 1.56 bits per heavy atom. The highest BCUT2D eigenvalue weighted by Gasteiger charge is 2.27. The second-order valence-electron chi connectivity index (χ2n) is 4.31. The molecule has 0 fully saturated rings. The molecular weight excluding hydrogens is 226 g/mol. The molecule has 0 radical (unpaired) electrons. The number of carboxylic acids is 1. The molecule has 90 valence electrons. The van der Waals surface area contributed by atoms with Crippen molar-refractivity contribution in [2.24, 2.45) is 5.41 Å². The van der Waals surface area contributed by atoms with E-state index >= 15 is 0 Å². The molecule has 0 aliphatic heterocycles. The summed E-state index contributed by atoms with van der Waals surface area (Å²) in [6.45, 7) is 5.78. The zero-order valence-corrected chi connectivity index (χ0v) is 10.6. The first-order chi connectivity index (χ1) is 7.45. The first-order valence-corrected chi connectivity index (χ1v) is 6.03. The molecule has 1 aromatic heterocycles. The lowest BCUT2D eigenvalue weighted by Crippen LogP contribution is -2.31. The maximum atomic E-state index is 10.9. The van der Waals surface area contributed by atoms with Gasteiger partial charge in [0, 0.05) is 24.5 Å². The predicted molar refractivity (Wildman–Crippen MR) is 63.8 cm³/mol. The number of aliphatic carboxylic acids is 1. The number of carboxylic acid groups (broad SMARTS) is 1. The van der Waals surface area contributed by atoms with E-state index in [1.54, 1.807) is 13.8 Å². The molecule has 0 saturated carbocycles. The van der Waals surface area contributed by atoms with Gasteiger partial charge in [0.25, 0.3) is 0 Å². The van der Waals surface area contributed by atoms with E-state index in [1.165, 1.54) is 11.5 Å². The van der Waals surface area contributed by atoms with Crippen LogP contribution < -0.4 is 5.32 Å². The largest absolute Gasteiger partial charge is 0.481 e. The fourth-order valence-electron chi connectivity index (χ4n) is 1.02. The van der Waals surface area contributed by atoms with Gasteiger partial charge in [0.05, 0.1) is 5.41 Å². The van der Waals surface area contributed by atoms with Gasteiger partial charge in [-0.15, -0.1) is 0 Å². The molecule has 0 aliphatic rings. The van der Waals surface area contributed by atoms with Crippen molar-refractivity contribution in [2.75, 3.05) is 11.9 Å². The Bertz CT molecular complexity index is 363. The summed E-state index contributed by atoms with van der Waals surface area (Å²) in [6, 6.07) is 0. The third-order valence-electron chi connectivity index (χ3n) is 2.20. The van der Waals surface area contributed by atoms with Crippen molar-refractivity contribution in [3.8, 4) is 0 Å². The van der Waals surface area contributed by atoms with E-state index in [0.29, 0.717) is 11.7 Å². The molecule has 0 aromatic carbocycles. The molecule has 0 atom stereocenters. The van der Waals surface area contributed by atoms with Crippen LogP contribution in [0, 0.1) is 5.41 Å². The number of carbonyl (C=O) groups is 1. The molecule has 5 nitrogen and oxygen atoms in total. The van der Waals surface area contributed by atoms with Crippen LogP contribution in [0.2, 0.25) is 0 Å². The third kappa shape index (κ3) is 3.44. The highest BCUT2D eigenvalue weighted by molar-refractivity contribution is 7.09. The van der Waals surface area contributed by atoms with Crippen LogP contribution in [-0.4, -0.2) is 27.0 Å². The molecule has 16 heavy (non-hydrogen) atoms. The summed E-state index contributed by atoms with van der Waals surface area (Å²) < 4.78 is 4.17. The van der Waals surface area contributed by atoms with Gasteiger partial charge in [-0.1, -0.05) is 6.92 Å². The topological polar surface area (TPSA) is 75.1 Å². The zero-order valence-electron chi connectivity index (χ0n) is 9.78. The highest BCUT2D eigenvalue weighted by Crippen LogP contribution is 2.18. The van der Waals surface area contributed by atoms with Gasteiger partial charge in [-0.25, -0.2) is 4.98 Å². The van der Waals surface area contributed by atoms with Crippen LogP contribution in [-0.2, 0) is 11.2 Å². The predicted octanol–water partition coefficient (Wildman–Crippen LogP) is 2.01. The number of rotatable bonds is 6. The van der Waals surface area contributed by atoms with Gasteiger partial charge in [0.15, 0.2) is 0 Å². The van der Waals surface area contributed by atoms with Gasteiger partial charge in [0.1, 0.15) is 5.82 Å². The quantitative estimate of drug-likeness (QED) is 0.799. The van der Waals surface area contributed by atoms with Crippen molar-refractivity contribution in [3.63, 3.8) is 0 Å². The van der Waals surface area contributed by atoms with Gasteiger partial charge >= 0.3 is 5.97 Å². The van der Waals surface area contributed by atoms with E-state index in [4.69, 9.17) is 5.11 Å². The Kier molecular flexibility index (Phi) is 4.23. The van der Waals surface area contributed by atoms with E-state index in [9.17, 15) is 4.79 Å². The van der Waals surface area contributed by atoms with Crippen LogP contribution in [0.5, 0.6) is 0 Å². The Hall–Kier alpha value is -1.17. The fraction of sp³-hybridized carbons (Fsp3) is 0.700. The van der Waals surface area contributed by atoms with Crippen LogP contribution in [0.4, 0.5) is 5.13 Å². The lowest BCUT2D eigenvalue weighted by atomic mass is 9.94. The maximum Gasteiger partial charge on any atom is 0.310 e. The Morgan fingerprint density at radius 2 is 2.25 bits per heavy atom. The van der Waals surface area contributed by atoms with Gasteiger partial charge < -0.3 is 10.4 Å². The standard InChI is InChI=1S/C10H17N3O2S/c1-4-5-7-12-9(16-13-7)11-6-10(2,3)8(14)15/h4-6H2,1-3H3,(H,14,15)(H,11,12,13). The summed E-state index contributed by atoms with van der Waals surface area (Å²) in [6.07, 6.45) is 1.87. The van der Waals surface area contributed by atoms with E-state index in [-0.39, 0.29) is 0 Å². The van der Waals surface area contributed by atoms with Gasteiger partial charge in [0.2, 0.25) is 5.13 Å². The van der Waals surface area contributed by atoms with Crippen molar-refractivity contribution in [2.45, 2.75) is 33.6 Å². The van der Waals surface area contributed by atoms with E-state index < -0.39 is 11.4 Å². The number of nitrogens with zero attached hydrogens (tertiary/aromatic N) is 2. The first kappa shape index (κ1) is 12.9. The fourth-order valence-corrected chi connectivity index (χ4v) is 1.63. The van der Waals surface area contributed by atoms with Crippen molar-refractivity contribution < 1.29 is 9.90 Å². The van der Waals surface area contributed by atoms with Crippen LogP contribution >= 0.6 is 11.5 Å². The first-order valence-electron chi connectivity index (χ1n) is 5.25. The molecule has 0 saturated heterocycles. The van der Waals surface area contributed by atoms with Crippen LogP contribution in [0.15, 0.2) is 0 Å². The summed E-state index contributed by atoms with van der Waals surface area (Å²) in [7, 11) is 0. The number of aryl methyl sites for hydroxylation is 1. The number of nitrogens with one attached hydrogen (secondary N) is 1. The molecule has 0 amide bonds. The molecule has 0 aliphatic carbocycles. The van der Waals surface area contributed by atoms with Gasteiger partial charge in [-0.05, 0) is 20.3 Å². The lowest BCUT2D eigenvalue weighted by Gasteiger charge is -2.18. The van der Waals surface area contributed by atoms with Crippen molar-refractivity contribution in [3.05, 3.63) is 5.82 Å². The number of anilines is 1. The molecular formula is C10H17N3O2S. The summed E-state index contributed by atoms with van der Waals surface area (Å²) >= 11 is 1.28. The van der Waals surface area contributed by atoms with E-state index in [1.807, 2.05) is 0 Å². The summed E-state index contributed by atoms with van der Waals surface area (Å²) in [4.78, 5) is 15.1. The van der Waals surface area contributed by atoms with Crippen LogP contribution in [0.3, 0.4) is 0 Å². The van der Waals surface area contributed by atoms with E-state index in [0.717, 1.165) is 18.7 Å². The molecule has 1 aromatic rings. The Morgan fingerprint density at radius 3 is 2.81 bits per heavy atom. The summed E-state index contributed by atoms with van der Waals surface area (Å²) in [5.74, 6) is 0.00132. The van der Waals surface area contributed by atoms with E-state index in [2.05, 4.69) is 21.6 Å². The van der Waals surface area contributed by atoms with Crippen molar-refractivity contribution in [1.82, 2.24) is 9.36 Å². The normalized spacial score (nSPS) is 11.4. The molecule has 2 N–H and O–H groups in total. The number of hydrogen-bond donors (Lipinski definition) is 2. The minimum Gasteiger partial charge on any atom is -0.481 e. The summed E-state index contributed by atoms with van der Waals surface area (Å²) in [5, 5.41) is 12.6. The van der Waals surface area contributed by atoms with Crippen LogP contribution in [0.1, 0.15) is 33.0 Å². The molecule has 1 heterocycles. The third-order valence-corrected chi connectivity index (χ3v) is 2.91. The molecule has 0 spiro atoms. The Balaban J connectivity index is 2.51. The molecule has 1 rings (SSSR count). The maximum absolute atomic E-state index is 10.9. The lowest BCUT2D eigenvalue weighted by molar-refractivity contribution is -0.146. The Labute approximate surface area is 99.1 Å². The molecule has 0 unspecified atom stereocenters. The highest BCUT2D eigenvalue weighted by atomic mass is 32.1. The SMILES string of the molecule is CCCc1nsc(NCC(C)(C)C(=O)O)n1. The smallest absolute Gasteiger partial charge is 0.310 e. The van der Waals surface area contributed by atoms with Crippen molar-refractivity contribution in [1.29, 1.82) is 0 Å². The van der Waals surface area contributed by atoms with Gasteiger partial charge in [-0.3, -0.25) is 4.79 Å². The minimum atomic E-state index is -0.821. The van der Waals surface area contributed by atoms with Crippen molar-refractivity contribution >= 4 is 22.6 Å². The monoisotopic (exact) mass is 243 g/mol. The minimum absolute atomic E-state index is 0.350. The molecule has 6 heteroatoms. The summed E-state index contributed by atoms with van der Waals surface area (Å²) in [5.41, 5.74) is -0.795. The number of aromatic nitrogens is 2. The second-order valence-corrected chi connectivity index (χ2v) is 5.06. The number of hydrogen-bond acceptors (Lipinski definition) is 5. The average molecular weight is 243 g/mol.